The first kappa shape index (κ1) is 14.4. The molecule has 0 aliphatic heterocycles. The van der Waals surface area contributed by atoms with Gasteiger partial charge in [0.2, 0.25) is 5.91 Å². The second-order valence-corrected chi connectivity index (χ2v) is 5.33. The molecule has 1 aromatic heterocycles. The van der Waals surface area contributed by atoms with Crippen LogP contribution in [0.2, 0.25) is 5.02 Å². The number of halogens is 1. The van der Waals surface area contributed by atoms with Gasteiger partial charge in [0, 0.05) is 16.3 Å². The van der Waals surface area contributed by atoms with Crippen LogP contribution in [0.25, 0.3) is 11.3 Å². The summed E-state index contributed by atoms with van der Waals surface area (Å²) in [7, 11) is 0. The summed E-state index contributed by atoms with van der Waals surface area (Å²) in [6.45, 7) is 0. The number of hydrogen-bond donors (Lipinski definition) is 2. The topological polar surface area (TPSA) is 57.8 Å². The fraction of sp³-hybridized carbons (Fsp3) is 0.0588. The smallest absolute Gasteiger partial charge is 0.228 e. The molecule has 5 heteroatoms. The Hall–Kier alpha value is -2.59. The summed E-state index contributed by atoms with van der Waals surface area (Å²) < 4.78 is 0. The molecule has 2 aromatic carbocycles. The molecule has 1 heterocycles. The fourth-order valence-electron chi connectivity index (χ4n) is 2.17. The van der Waals surface area contributed by atoms with Gasteiger partial charge >= 0.3 is 0 Å². The van der Waals surface area contributed by atoms with Crippen LogP contribution in [0.3, 0.4) is 0 Å². The molecule has 0 atom stereocenters. The second kappa shape index (κ2) is 6.45. The van der Waals surface area contributed by atoms with Crippen LogP contribution in [0.1, 0.15) is 5.56 Å². The van der Waals surface area contributed by atoms with Gasteiger partial charge in [0.1, 0.15) is 0 Å². The molecule has 0 radical (unpaired) electrons. The third kappa shape index (κ3) is 3.54. The number of nitrogens with zero attached hydrogens (tertiary/aromatic N) is 1. The Balaban J connectivity index is 1.69. The molecule has 0 bridgehead atoms. The Morgan fingerprint density at radius 2 is 2.00 bits per heavy atom. The Labute approximate surface area is 133 Å². The van der Waals surface area contributed by atoms with Crippen LogP contribution < -0.4 is 5.32 Å². The number of rotatable bonds is 4. The number of amides is 1. The van der Waals surface area contributed by atoms with E-state index in [-0.39, 0.29) is 5.91 Å². The van der Waals surface area contributed by atoms with Crippen molar-refractivity contribution < 1.29 is 4.79 Å². The van der Waals surface area contributed by atoms with E-state index >= 15 is 0 Å². The molecule has 3 rings (SSSR count). The second-order valence-electron chi connectivity index (χ2n) is 4.90. The van der Waals surface area contributed by atoms with Gasteiger partial charge in [0.15, 0.2) is 0 Å². The van der Waals surface area contributed by atoms with Crippen molar-refractivity contribution in [2.45, 2.75) is 6.42 Å². The molecular formula is C17H14ClN3O. The van der Waals surface area contributed by atoms with Crippen LogP contribution in [0, 0.1) is 0 Å². The van der Waals surface area contributed by atoms with E-state index in [2.05, 4.69) is 15.3 Å². The Morgan fingerprint density at radius 3 is 2.73 bits per heavy atom. The molecule has 22 heavy (non-hydrogen) atoms. The van der Waals surface area contributed by atoms with Crippen LogP contribution in [0.15, 0.2) is 61.1 Å². The van der Waals surface area contributed by atoms with Gasteiger partial charge in [-0.1, -0.05) is 35.9 Å². The molecule has 2 N–H and O–H groups in total. The molecule has 0 aliphatic carbocycles. The molecule has 0 spiro atoms. The van der Waals surface area contributed by atoms with E-state index in [1.807, 2.05) is 36.4 Å². The number of anilines is 1. The highest BCUT2D eigenvalue weighted by Crippen LogP contribution is 2.20. The van der Waals surface area contributed by atoms with Gasteiger partial charge in [-0.05, 0) is 29.8 Å². The molecule has 1 amide bonds. The minimum atomic E-state index is -0.0657. The van der Waals surface area contributed by atoms with E-state index < -0.39 is 0 Å². The number of H-pyrrole nitrogens is 1. The van der Waals surface area contributed by atoms with E-state index in [1.165, 1.54) is 0 Å². The standard InChI is InChI=1S/C17H14ClN3O/c18-14-6-4-12(5-7-14)8-17(22)21-15-3-1-2-13(9-15)16-10-19-11-20-16/h1-7,9-11H,8H2,(H,19,20)(H,21,22). The van der Waals surface area contributed by atoms with Crippen LogP contribution in [0.5, 0.6) is 0 Å². The number of aromatic amines is 1. The quantitative estimate of drug-likeness (QED) is 0.767. The zero-order valence-electron chi connectivity index (χ0n) is 11.7. The van der Waals surface area contributed by atoms with Gasteiger partial charge < -0.3 is 10.3 Å². The summed E-state index contributed by atoms with van der Waals surface area (Å²) >= 11 is 5.84. The first-order chi connectivity index (χ1) is 10.7. The zero-order valence-corrected chi connectivity index (χ0v) is 12.5. The summed E-state index contributed by atoms with van der Waals surface area (Å²) in [6, 6.07) is 14.9. The zero-order chi connectivity index (χ0) is 15.4. The number of imidazole rings is 1. The first-order valence-corrected chi connectivity index (χ1v) is 7.21. The number of aromatic nitrogens is 2. The van der Waals surface area contributed by atoms with Gasteiger partial charge in [0.05, 0.1) is 24.6 Å². The highest BCUT2D eigenvalue weighted by atomic mass is 35.5. The third-order valence-corrected chi connectivity index (χ3v) is 3.49. The fourth-order valence-corrected chi connectivity index (χ4v) is 2.30. The largest absolute Gasteiger partial charge is 0.345 e. The maximum Gasteiger partial charge on any atom is 0.228 e. The van der Waals surface area contributed by atoms with Crippen molar-refractivity contribution >= 4 is 23.2 Å². The molecule has 4 nitrogen and oxygen atoms in total. The van der Waals surface area contributed by atoms with Gasteiger partial charge in [0.25, 0.3) is 0 Å². The predicted molar refractivity (Wildman–Crippen MR) is 87.8 cm³/mol. The van der Waals surface area contributed by atoms with Gasteiger partial charge in [-0.2, -0.15) is 0 Å². The lowest BCUT2D eigenvalue weighted by molar-refractivity contribution is -0.115. The molecule has 0 fully saturated rings. The molecule has 0 aliphatic rings. The lowest BCUT2D eigenvalue weighted by Crippen LogP contribution is -2.14. The minimum Gasteiger partial charge on any atom is -0.345 e. The Morgan fingerprint density at radius 1 is 1.18 bits per heavy atom. The first-order valence-electron chi connectivity index (χ1n) is 6.84. The van der Waals surface area contributed by atoms with Crippen LogP contribution in [-0.4, -0.2) is 15.9 Å². The van der Waals surface area contributed by atoms with E-state index in [4.69, 9.17) is 11.6 Å². The maximum absolute atomic E-state index is 12.1. The molecule has 110 valence electrons. The SMILES string of the molecule is O=C(Cc1ccc(Cl)cc1)Nc1cccc(-c2cnc[nH]2)c1. The van der Waals surface area contributed by atoms with Crippen molar-refractivity contribution in [3.63, 3.8) is 0 Å². The number of carbonyl (C=O) groups excluding carboxylic acids is 1. The summed E-state index contributed by atoms with van der Waals surface area (Å²) in [5.41, 5.74) is 3.56. The van der Waals surface area contributed by atoms with E-state index in [0.29, 0.717) is 11.4 Å². The summed E-state index contributed by atoms with van der Waals surface area (Å²) in [5.74, 6) is -0.0657. The predicted octanol–water partition coefficient (Wildman–Crippen LogP) is 3.91. The number of benzene rings is 2. The molecule has 0 saturated heterocycles. The monoisotopic (exact) mass is 311 g/mol. The normalized spacial score (nSPS) is 10.4. The lowest BCUT2D eigenvalue weighted by atomic mass is 10.1. The Bertz CT molecular complexity index is 767. The molecule has 3 aromatic rings. The lowest BCUT2D eigenvalue weighted by Gasteiger charge is -2.07. The molecular weight excluding hydrogens is 298 g/mol. The summed E-state index contributed by atoms with van der Waals surface area (Å²) in [6.07, 6.45) is 3.68. The van der Waals surface area contributed by atoms with Crippen LogP contribution in [0.4, 0.5) is 5.69 Å². The number of carbonyl (C=O) groups is 1. The number of hydrogen-bond acceptors (Lipinski definition) is 2. The average molecular weight is 312 g/mol. The minimum absolute atomic E-state index is 0.0657. The van der Waals surface area contributed by atoms with Gasteiger partial charge in [-0.15, -0.1) is 0 Å². The third-order valence-electron chi connectivity index (χ3n) is 3.23. The van der Waals surface area contributed by atoms with Gasteiger partial charge in [-0.25, -0.2) is 4.98 Å². The van der Waals surface area contributed by atoms with Crippen LogP contribution >= 0.6 is 11.6 Å². The van der Waals surface area contributed by atoms with E-state index in [0.717, 1.165) is 22.5 Å². The molecule has 0 unspecified atom stereocenters. The highest BCUT2D eigenvalue weighted by molar-refractivity contribution is 6.30. The van der Waals surface area contributed by atoms with E-state index in [1.54, 1.807) is 24.7 Å². The number of nitrogens with one attached hydrogen (secondary N) is 2. The van der Waals surface area contributed by atoms with E-state index in [9.17, 15) is 4.79 Å². The Kier molecular flexibility index (Phi) is 4.21. The summed E-state index contributed by atoms with van der Waals surface area (Å²) in [5, 5.41) is 3.56. The molecule has 0 saturated carbocycles. The highest BCUT2D eigenvalue weighted by Gasteiger charge is 2.06. The van der Waals surface area contributed by atoms with Crippen molar-refractivity contribution in [1.82, 2.24) is 9.97 Å². The van der Waals surface area contributed by atoms with Crippen LogP contribution in [-0.2, 0) is 11.2 Å². The van der Waals surface area contributed by atoms with Crippen molar-refractivity contribution in [2.75, 3.05) is 5.32 Å². The summed E-state index contributed by atoms with van der Waals surface area (Å²) in [4.78, 5) is 19.1. The maximum atomic E-state index is 12.1. The van der Waals surface area contributed by atoms with Gasteiger partial charge in [-0.3, -0.25) is 4.79 Å². The van der Waals surface area contributed by atoms with Crippen molar-refractivity contribution in [1.29, 1.82) is 0 Å². The van der Waals surface area contributed by atoms with Crippen molar-refractivity contribution in [2.24, 2.45) is 0 Å². The van der Waals surface area contributed by atoms with Crippen molar-refractivity contribution in [3.8, 4) is 11.3 Å². The average Bonchev–Trinajstić information content (AvgIpc) is 3.04. The van der Waals surface area contributed by atoms with Crippen molar-refractivity contribution in [3.05, 3.63) is 71.6 Å².